The van der Waals surface area contributed by atoms with Gasteiger partial charge in [-0.05, 0) is 84.2 Å². The Morgan fingerprint density at radius 3 is 2.58 bits per heavy atom. The third kappa shape index (κ3) is 6.55. The summed E-state index contributed by atoms with van der Waals surface area (Å²) in [5.41, 5.74) is 2.30. The van der Waals surface area contributed by atoms with Crippen molar-refractivity contribution >= 4 is 38.9 Å². The zero-order valence-corrected chi connectivity index (χ0v) is 25.2. The Hall–Kier alpha value is -2.43. The van der Waals surface area contributed by atoms with Crippen molar-refractivity contribution in [1.29, 1.82) is 0 Å². The number of sulfonamides is 1. The second-order valence-corrected chi connectivity index (χ2v) is 13.9. The number of hydrogen-bond donors (Lipinski definition) is 0. The van der Waals surface area contributed by atoms with Crippen LogP contribution in [0, 0.1) is 0 Å². The second-order valence-electron chi connectivity index (χ2n) is 10.6. The van der Waals surface area contributed by atoms with Crippen molar-refractivity contribution < 1.29 is 22.7 Å². The second kappa shape index (κ2) is 12.6. The largest absolute Gasteiger partial charge is 0.491 e. The monoisotopic (exact) mass is 602 g/mol. The fourth-order valence-corrected chi connectivity index (χ4v) is 7.73. The molecule has 10 heteroatoms. The quantitative estimate of drug-likeness (QED) is 0.289. The molecule has 0 spiro atoms. The molecule has 5 rings (SSSR count). The Kier molecular flexibility index (Phi) is 9.17. The number of carbonyl (C=O) groups is 1. The van der Waals surface area contributed by atoms with E-state index in [1.54, 1.807) is 28.4 Å². The Morgan fingerprint density at radius 1 is 1.15 bits per heavy atom. The first-order valence-electron chi connectivity index (χ1n) is 13.7. The van der Waals surface area contributed by atoms with Crippen LogP contribution in [-0.2, 0) is 26.0 Å². The maximum atomic E-state index is 13.9. The topological polar surface area (TPSA) is 76.2 Å². The van der Waals surface area contributed by atoms with Crippen LogP contribution in [0.1, 0.15) is 54.7 Å². The summed E-state index contributed by atoms with van der Waals surface area (Å²) in [6, 6.07) is 15.8. The van der Waals surface area contributed by atoms with Crippen molar-refractivity contribution in [1.82, 2.24) is 9.21 Å². The minimum atomic E-state index is -3.95. The number of amides is 1. The van der Waals surface area contributed by atoms with Crippen LogP contribution in [0.4, 0.5) is 0 Å². The molecule has 2 aromatic carbocycles. The number of carbonyl (C=O) groups excluding carboxylic acids is 1. The molecule has 2 atom stereocenters. The van der Waals surface area contributed by atoms with Gasteiger partial charge >= 0.3 is 0 Å². The van der Waals surface area contributed by atoms with E-state index in [2.05, 4.69) is 26.0 Å². The first-order chi connectivity index (χ1) is 19.2. The molecule has 1 aromatic heterocycles. The SMILES string of the molecule is CC(C)c1ccc(OC[C@@H]2c3ccsc3CCN2C(=O)CN(C[C@@H]2CCCO2)S(=O)(=O)c2ccc(Cl)cc2)cc1. The number of hydrogen-bond acceptors (Lipinski definition) is 6. The van der Waals surface area contributed by atoms with Gasteiger partial charge < -0.3 is 14.4 Å². The summed E-state index contributed by atoms with van der Waals surface area (Å²) in [5.74, 6) is 0.913. The van der Waals surface area contributed by atoms with Gasteiger partial charge in [-0.3, -0.25) is 4.79 Å². The highest BCUT2D eigenvalue weighted by Gasteiger charge is 2.36. The van der Waals surface area contributed by atoms with Crippen molar-refractivity contribution in [3.05, 3.63) is 81.0 Å². The average molecular weight is 603 g/mol. The predicted molar refractivity (Wildman–Crippen MR) is 158 cm³/mol. The van der Waals surface area contributed by atoms with Gasteiger partial charge in [-0.1, -0.05) is 37.6 Å². The average Bonchev–Trinajstić information content (AvgIpc) is 3.64. The van der Waals surface area contributed by atoms with E-state index < -0.39 is 10.0 Å². The molecule has 2 aliphatic heterocycles. The number of thiophene rings is 1. The molecule has 0 bridgehead atoms. The van der Waals surface area contributed by atoms with E-state index in [4.69, 9.17) is 21.1 Å². The van der Waals surface area contributed by atoms with Gasteiger partial charge in [-0.15, -0.1) is 11.3 Å². The number of fused-ring (bicyclic) bond motifs is 1. The van der Waals surface area contributed by atoms with E-state index in [9.17, 15) is 13.2 Å². The normalized spacial score (nSPS) is 19.3. The predicted octanol–water partition coefficient (Wildman–Crippen LogP) is 5.90. The molecular formula is C30H35ClN2O5S2. The molecule has 2 aliphatic rings. The van der Waals surface area contributed by atoms with Crippen LogP contribution in [0.5, 0.6) is 5.75 Å². The Labute approximate surface area is 245 Å². The van der Waals surface area contributed by atoms with Crippen LogP contribution in [0.2, 0.25) is 5.02 Å². The highest BCUT2D eigenvalue weighted by atomic mass is 35.5. The van der Waals surface area contributed by atoms with E-state index in [0.717, 1.165) is 30.6 Å². The summed E-state index contributed by atoms with van der Waals surface area (Å²) >= 11 is 7.69. The molecule has 7 nitrogen and oxygen atoms in total. The molecule has 3 aromatic rings. The first kappa shape index (κ1) is 29.1. The zero-order chi connectivity index (χ0) is 28.3. The van der Waals surface area contributed by atoms with Gasteiger partial charge in [0.05, 0.1) is 23.6 Å². The Balaban J connectivity index is 1.37. The van der Waals surface area contributed by atoms with E-state index in [-0.39, 0.29) is 42.6 Å². The van der Waals surface area contributed by atoms with E-state index in [1.807, 2.05) is 23.6 Å². The summed E-state index contributed by atoms with van der Waals surface area (Å²) in [4.78, 5) is 17.0. The molecule has 40 heavy (non-hydrogen) atoms. The van der Waals surface area contributed by atoms with Gasteiger partial charge in [0.25, 0.3) is 0 Å². The van der Waals surface area contributed by atoms with Gasteiger partial charge in [0, 0.05) is 29.6 Å². The molecule has 0 N–H and O–H groups in total. The Morgan fingerprint density at radius 2 is 1.90 bits per heavy atom. The highest BCUT2D eigenvalue weighted by molar-refractivity contribution is 7.89. The maximum Gasteiger partial charge on any atom is 0.243 e. The van der Waals surface area contributed by atoms with Crippen LogP contribution in [0.15, 0.2) is 64.9 Å². The maximum absolute atomic E-state index is 13.9. The lowest BCUT2D eigenvalue weighted by atomic mass is 10.0. The van der Waals surface area contributed by atoms with Gasteiger partial charge in [-0.2, -0.15) is 4.31 Å². The summed E-state index contributed by atoms with van der Waals surface area (Å²) in [6.07, 6.45) is 2.12. The van der Waals surface area contributed by atoms with Crippen molar-refractivity contribution in [2.45, 2.75) is 56.1 Å². The standard InChI is InChI=1S/C30H35ClN2O5S2/c1-21(2)22-5-9-24(10-6-22)38-20-28-27-14-17-39-29(27)13-15-33(28)30(34)19-32(18-25-4-3-16-37-25)40(35,36)26-11-7-23(31)8-12-26/h5-12,14,17,21,25,28H,3-4,13,15-16,18-20H2,1-2H3/t25-,28+/m0/s1. The van der Waals surface area contributed by atoms with Gasteiger partial charge in [-0.25, -0.2) is 8.42 Å². The van der Waals surface area contributed by atoms with Crippen LogP contribution in [-0.4, -0.2) is 62.5 Å². The smallest absolute Gasteiger partial charge is 0.243 e. The number of benzene rings is 2. The third-order valence-electron chi connectivity index (χ3n) is 7.56. The molecular weight excluding hydrogens is 568 g/mol. The number of halogens is 1. The molecule has 1 saturated heterocycles. The van der Waals surface area contributed by atoms with Crippen LogP contribution in [0.3, 0.4) is 0 Å². The summed E-state index contributed by atoms with van der Waals surface area (Å²) < 4.78 is 40.6. The van der Waals surface area contributed by atoms with Crippen LogP contribution in [0.25, 0.3) is 0 Å². The lowest BCUT2D eigenvalue weighted by molar-refractivity contribution is -0.135. The Bertz CT molecular complexity index is 1400. The van der Waals surface area contributed by atoms with E-state index in [0.29, 0.717) is 24.1 Å². The molecule has 214 valence electrons. The van der Waals surface area contributed by atoms with Gasteiger partial charge in [0.1, 0.15) is 12.4 Å². The lowest BCUT2D eigenvalue weighted by Crippen LogP contribution is -2.49. The number of rotatable bonds is 10. The van der Waals surface area contributed by atoms with Crippen LogP contribution >= 0.6 is 22.9 Å². The minimum absolute atomic E-state index is 0.103. The van der Waals surface area contributed by atoms with Crippen LogP contribution < -0.4 is 4.74 Å². The molecule has 1 fully saturated rings. The lowest BCUT2D eigenvalue weighted by Gasteiger charge is -2.37. The van der Waals surface area contributed by atoms with E-state index in [1.165, 1.54) is 26.9 Å². The van der Waals surface area contributed by atoms with Crippen molar-refractivity contribution in [3.63, 3.8) is 0 Å². The fourth-order valence-electron chi connectivity index (χ4n) is 5.26. The molecule has 0 saturated carbocycles. The fraction of sp³-hybridized carbons (Fsp3) is 0.433. The molecule has 0 unspecified atom stereocenters. The summed E-state index contributed by atoms with van der Waals surface area (Å²) in [6.45, 7) is 5.52. The zero-order valence-electron chi connectivity index (χ0n) is 22.8. The van der Waals surface area contributed by atoms with Crippen molar-refractivity contribution in [2.75, 3.05) is 32.8 Å². The van der Waals surface area contributed by atoms with Crippen molar-refractivity contribution in [3.8, 4) is 5.75 Å². The third-order valence-corrected chi connectivity index (χ3v) is 10.6. The highest BCUT2D eigenvalue weighted by Crippen LogP contribution is 2.34. The molecule has 1 amide bonds. The van der Waals surface area contributed by atoms with Gasteiger partial charge in [0.15, 0.2) is 0 Å². The first-order valence-corrected chi connectivity index (χ1v) is 16.4. The summed E-state index contributed by atoms with van der Waals surface area (Å²) in [7, 11) is -3.95. The van der Waals surface area contributed by atoms with Crippen molar-refractivity contribution in [2.24, 2.45) is 0 Å². The summed E-state index contributed by atoms with van der Waals surface area (Å²) in [5, 5.41) is 2.49. The molecule has 0 aliphatic carbocycles. The molecule has 3 heterocycles. The minimum Gasteiger partial charge on any atom is -0.491 e. The van der Waals surface area contributed by atoms with Gasteiger partial charge in [0.2, 0.25) is 15.9 Å². The molecule has 0 radical (unpaired) electrons. The number of ether oxygens (including phenoxy) is 2. The number of nitrogens with zero attached hydrogens (tertiary/aromatic N) is 2. The van der Waals surface area contributed by atoms with E-state index >= 15 is 0 Å².